The molecule has 5 nitrogen and oxygen atoms in total. The van der Waals surface area contributed by atoms with Crippen molar-refractivity contribution in [3.8, 4) is 0 Å². The minimum Gasteiger partial charge on any atom is -0.339 e. The Morgan fingerprint density at radius 2 is 1.75 bits per heavy atom. The van der Waals surface area contributed by atoms with Crippen molar-refractivity contribution in [3.63, 3.8) is 0 Å². The van der Waals surface area contributed by atoms with Crippen LogP contribution in [0.2, 0.25) is 0 Å². The lowest BCUT2D eigenvalue weighted by atomic mass is 10.1. The lowest BCUT2D eigenvalue weighted by molar-refractivity contribution is -0.385. The highest BCUT2D eigenvalue weighted by molar-refractivity contribution is 5.94. The first kappa shape index (κ1) is 14.5. The third-order valence-electron chi connectivity index (χ3n) is 3.78. The lowest BCUT2D eigenvalue weighted by Gasteiger charge is -2.25. The average Bonchev–Trinajstić information content (AvgIpc) is 2.37. The van der Waals surface area contributed by atoms with Gasteiger partial charge in [-0.15, -0.1) is 0 Å². The van der Waals surface area contributed by atoms with Crippen LogP contribution in [0, 0.1) is 17.0 Å². The summed E-state index contributed by atoms with van der Waals surface area (Å²) in [5, 5.41) is 10.8. The smallest absolute Gasteiger partial charge is 0.272 e. The molecule has 0 radical (unpaired) electrons. The molecule has 1 heterocycles. The molecule has 1 aliphatic heterocycles. The van der Waals surface area contributed by atoms with Crippen LogP contribution in [0.15, 0.2) is 18.2 Å². The second-order valence-electron chi connectivity index (χ2n) is 5.32. The molecule has 108 valence electrons. The Morgan fingerprint density at radius 3 is 2.30 bits per heavy atom. The monoisotopic (exact) mass is 276 g/mol. The van der Waals surface area contributed by atoms with Crippen molar-refractivity contribution in [3.05, 3.63) is 39.4 Å². The van der Waals surface area contributed by atoms with Gasteiger partial charge in [0.25, 0.3) is 11.6 Å². The van der Waals surface area contributed by atoms with Gasteiger partial charge in [0, 0.05) is 30.3 Å². The Labute approximate surface area is 118 Å². The molecule has 1 aromatic rings. The number of amides is 1. The molecule has 5 heteroatoms. The fourth-order valence-electron chi connectivity index (χ4n) is 2.63. The standard InChI is InChI=1S/C15H20N2O3/c1-12-11-13(7-8-14(12)17(19)20)15(18)16-9-5-3-2-4-6-10-16/h7-8,11H,2-6,9-10H2,1H3. The molecule has 1 amide bonds. The highest BCUT2D eigenvalue weighted by Crippen LogP contribution is 2.20. The summed E-state index contributed by atoms with van der Waals surface area (Å²) in [6, 6.07) is 4.61. The Hall–Kier alpha value is -1.91. The summed E-state index contributed by atoms with van der Waals surface area (Å²) in [5.74, 6) is -0.00935. The third-order valence-corrected chi connectivity index (χ3v) is 3.78. The van der Waals surface area contributed by atoms with E-state index in [4.69, 9.17) is 0 Å². The number of nitrogens with zero attached hydrogens (tertiary/aromatic N) is 2. The van der Waals surface area contributed by atoms with Gasteiger partial charge >= 0.3 is 0 Å². The summed E-state index contributed by atoms with van der Waals surface area (Å²) in [6.45, 7) is 3.24. The van der Waals surface area contributed by atoms with Crippen molar-refractivity contribution in [1.82, 2.24) is 4.90 Å². The summed E-state index contributed by atoms with van der Waals surface area (Å²) >= 11 is 0. The molecule has 1 aliphatic rings. The SMILES string of the molecule is Cc1cc(C(=O)N2CCCCCCC2)ccc1[N+](=O)[O-]. The van der Waals surface area contributed by atoms with Crippen LogP contribution < -0.4 is 0 Å². The van der Waals surface area contributed by atoms with Gasteiger partial charge in [0.05, 0.1) is 4.92 Å². The van der Waals surface area contributed by atoms with E-state index in [1.165, 1.54) is 25.3 Å². The molecule has 0 saturated carbocycles. The molecule has 0 spiro atoms. The zero-order chi connectivity index (χ0) is 14.5. The van der Waals surface area contributed by atoms with Gasteiger partial charge in [-0.25, -0.2) is 0 Å². The van der Waals surface area contributed by atoms with Crippen molar-refractivity contribution in [2.75, 3.05) is 13.1 Å². The van der Waals surface area contributed by atoms with Gasteiger partial charge in [-0.3, -0.25) is 14.9 Å². The fourth-order valence-corrected chi connectivity index (χ4v) is 2.63. The van der Waals surface area contributed by atoms with E-state index < -0.39 is 4.92 Å². The summed E-state index contributed by atoms with van der Waals surface area (Å²) in [7, 11) is 0. The van der Waals surface area contributed by atoms with Gasteiger partial charge in [-0.05, 0) is 31.9 Å². The number of likely N-dealkylation sites (tertiary alicyclic amines) is 1. The molecule has 0 N–H and O–H groups in total. The fraction of sp³-hybridized carbons (Fsp3) is 0.533. The summed E-state index contributed by atoms with van der Waals surface area (Å²) in [4.78, 5) is 24.7. The maximum absolute atomic E-state index is 12.5. The Balaban J connectivity index is 2.15. The molecule has 1 saturated heterocycles. The molecular formula is C15H20N2O3. The predicted molar refractivity (Wildman–Crippen MR) is 76.8 cm³/mol. The van der Waals surface area contributed by atoms with Gasteiger partial charge in [0.2, 0.25) is 0 Å². The molecular weight excluding hydrogens is 256 g/mol. The first-order valence-corrected chi connectivity index (χ1v) is 7.14. The molecule has 0 bridgehead atoms. The highest BCUT2D eigenvalue weighted by atomic mass is 16.6. The molecule has 0 unspecified atom stereocenters. The zero-order valence-corrected chi connectivity index (χ0v) is 11.8. The number of nitro benzene ring substituents is 1. The minimum absolute atomic E-state index is 0.00935. The van der Waals surface area contributed by atoms with E-state index >= 15 is 0 Å². The molecule has 2 rings (SSSR count). The van der Waals surface area contributed by atoms with Crippen LogP contribution in [-0.4, -0.2) is 28.8 Å². The predicted octanol–water partition coefficient (Wildman–Crippen LogP) is 3.31. The quantitative estimate of drug-likeness (QED) is 0.615. The normalized spacial score (nSPS) is 16.4. The number of carbonyl (C=O) groups excluding carboxylic acids is 1. The average molecular weight is 276 g/mol. The summed E-state index contributed by atoms with van der Waals surface area (Å²) in [6.07, 6.45) is 5.67. The van der Waals surface area contributed by atoms with E-state index in [1.807, 2.05) is 4.90 Å². The van der Waals surface area contributed by atoms with Crippen molar-refractivity contribution in [1.29, 1.82) is 0 Å². The van der Waals surface area contributed by atoms with Crippen LogP contribution in [0.5, 0.6) is 0 Å². The number of hydrogen-bond donors (Lipinski definition) is 0. The number of aryl methyl sites for hydroxylation is 1. The van der Waals surface area contributed by atoms with Crippen LogP contribution in [-0.2, 0) is 0 Å². The lowest BCUT2D eigenvalue weighted by Crippen LogP contribution is -2.33. The first-order valence-electron chi connectivity index (χ1n) is 7.14. The Bertz CT molecular complexity index is 506. The number of nitro groups is 1. The second kappa shape index (κ2) is 6.50. The molecule has 20 heavy (non-hydrogen) atoms. The van der Waals surface area contributed by atoms with E-state index in [0.29, 0.717) is 11.1 Å². The summed E-state index contributed by atoms with van der Waals surface area (Å²) < 4.78 is 0. The van der Waals surface area contributed by atoms with Gasteiger partial charge in [-0.2, -0.15) is 0 Å². The van der Waals surface area contributed by atoms with Gasteiger partial charge in [0.15, 0.2) is 0 Å². The van der Waals surface area contributed by atoms with Gasteiger partial charge < -0.3 is 4.90 Å². The van der Waals surface area contributed by atoms with Crippen LogP contribution >= 0.6 is 0 Å². The number of rotatable bonds is 2. The Morgan fingerprint density at radius 1 is 1.15 bits per heavy atom. The van der Waals surface area contributed by atoms with Crippen molar-refractivity contribution in [2.24, 2.45) is 0 Å². The molecule has 0 aliphatic carbocycles. The van der Waals surface area contributed by atoms with E-state index in [0.717, 1.165) is 25.9 Å². The van der Waals surface area contributed by atoms with Crippen molar-refractivity contribution in [2.45, 2.75) is 39.0 Å². The van der Waals surface area contributed by atoms with E-state index in [1.54, 1.807) is 19.1 Å². The summed E-state index contributed by atoms with van der Waals surface area (Å²) in [5.41, 5.74) is 1.15. The maximum Gasteiger partial charge on any atom is 0.272 e. The highest BCUT2D eigenvalue weighted by Gasteiger charge is 2.19. The minimum atomic E-state index is -0.417. The van der Waals surface area contributed by atoms with E-state index in [2.05, 4.69) is 0 Å². The Kier molecular flexibility index (Phi) is 4.71. The maximum atomic E-state index is 12.5. The number of hydrogen-bond acceptors (Lipinski definition) is 3. The van der Waals surface area contributed by atoms with Crippen LogP contribution in [0.1, 0.15) is 48.0 Å². The van der Waals surface area contributed by atoms with Gasteiger partial charge in [0.1, 0.15) is 0 Å². The third kappa shape index (κ3) is 3.35. The first-order chi connectivity index (χ1) is 9.59. The molecule has 1 aromatic carbocycles. The number of carbonyl (C=O) groups is 1. The molecule has 1 fully saturated rings. The second-order valence-corrected chi connectivity index (χ2v) is 5.32. The van der Waals surface area contributed by atoms with Crippen LogP contribution in [0.25, 0.3) is 0 Å². The van der Waals surface area contributed by atoms with Gasteiger partial charge in [-0.1, -0.05) is 19.3 Å². The van der Waals surface area contributed by atoms with E-state index in [9.17, 15) is 14.9 Å². The van der Waals surface area contributed by atoms with Crippen LogP contribution in [0.3, 0.4) is 0 Å². The molecule has 0 atom stereocenters. The largest absolute Gasteiger partial charge is 0.339 e. The molecule has 0 aromatic heterocycles. The van der Waals surface area contributed by atoms with E-state index in [-0.39, 0.29) is 11.6 Å². The number of benzene rings is 1. The van der Waals surface area contributed by atoms with Crippen molar-refractivity contribution < 1.29 is 9.72 Å². The topological polar surface area (TPSA) is 63.5 Å². The van der Waals surface area contributed by atoms with Crippen LogP contribution in [0.4, 0.5) is 5.69 Å². The zero-order valence-electron chi connectivity index (χ0n) is 11.8. The van der Waals surface area contributed by atoms with Crippen molar-refractivity contribution >= 4 is 11.6 Å².